The van der Waals surface area contributed by atoms with E-state index in [1.54, 1.807) is 17.4 Å². The number of halogens is 2. The number of nitrogens with one attached hydrogen (secondary N) is 1. The topological polar surface area (TPSA) is 69.2 Å². The Kier molecular flexibility index (Phi) is 7.22. The molecule has 0 aliphatic carbocycles. The summed E-state index contributed by atoms with van der Waals surface area (Å²) in [6.07, 6.45) is 2.78. The second kappa shape index (κ2) is 9.65. The van der Waals surface area contributed by atoms with Crippen molar-refractivity contribution in [3.8, 4) is 11.3 Å². The van der Waals surface area contributed by atoms with Gasteiger partial charge in [-0.1, -0.05) is 43.1 Å². The Balaban J connectivity index is 1.99. The van der Waals surface area contributed by atoms with E-state index < -0.39 is 5.97 Å². The predicted octanol–water partition coefficient (Wildman–Crippen LogP) is 6.12. The number of rotatable bonds is 9. The SMILES string of the molecule is CC(C)Cc1sc(N(CCC(=O)O)Cc2ccc[nH]2)nc1-c1ccc(Cl)c(Cl)c1. The highest BCUT2D eigenvalue weighted by atomic mass is 35.5. The normalized spacial score (nSPS) is 11.2. The highest BCUT2D eigenvalue weighted by molar-refractivity contribution is 7.16. The van der Waals surface area contributed by atoms with E-state index >= 15 is 0 Å². The molecule has 0 aliphatic rings. The van der Waals surface area contributed by atoms with Gasteiger partial charge in [-0.05, 0) is 36.6 Å². The second-order valence-electron chi connectivity index (χ2n) is 7.26. The van der Waals surface area contributed by atoms with Gasteiger partial charge in [0.2, 0.25) is 0 Å². The fourth-order valence-corrected chi connectivity index (χ4v) is 4.61. The molecule has 5 nitrogen and oxygen atoms in total. The summed E-state index contributed by atoms with van der Waals surface area (Å²) in [6, 6.07) is 9.44. The molecule has 0 spiro atoms. The molecule has 2 heterocycles. The Labute approximate surface area is 184 Å². The average Bonchev–Trinajstić information content (AvgIpc) is 3.30. The first-order chi connectivity index (χ1) is 13.8. The van der Waals surface area contributed by atoms with Gasteiger partial charge in [-0.15, -0.1) is 11.3 Å². The number of hydrogen-bond acceptors (Lipinski definition) is 4. The van der Waals surface area contributed by atoms with Crippen molar-refractivity contribution in [2.45, 2.75) is 33.2 Å². The van der Waals surface area contributed by atoms with Crippen LogP contribution in [0.2, 0.25) is 10.0 Å². The molecule has 0 fully saturated rings. The lowest BCUT2D eigenvalue weighted by molar-refractivity contribution is -0.136. The van der Waals surface area contributed by atoms with Crippen LogP contribution in [0.5, 0.6) is 0 Å². The van der Waals surface area contributed by atoms with Gasteiger partial charge in [0, 0.05) is 28.9 Å². The Morgan fingerprint density at radius 1 is 1.28 bits per heavy atom. The van der Waals surface area contributed by atoms with Crippen LogP contribution in [0.15, 0.2) is 36.5 Å². The molecule has 0 saturated carbocycles. The first-order valence-corrected chi connectivity index (χ1v) is 10.9. The van der Waals surface area contributed by atoms with E-state index in [1.165, 1.54) is 0 Å². The summed E-state index contributed by atoms with van der Waals surface area (Å²) < 4.78 is 0. The largest absolute Gasteiger partial charge is 0.481 e. The van der Waals surface area contributed by atoms with Crippen LogP contribution < -0.4 is 4.90 Å². The molecule has 0 atom stereocenters. The van der Waals surface area contributed by atoms with E-state index in [9.17, 15) is 4.79 Å². The van der Waals surface area contributed by atoms with Crippen LogP contribution in [0, 0.1) is 5.92 Å². The summed E-state index contributed by atoms with van der Waals surface area (Å²) in [6.45, 7) is 5.28. The number of aromatic nitrogens is 2. The van der Waals surface area contributed by atoms with Crippen molar-refractivity contribution in [1.82, 2.24) is 9.97 Å². The summed E-state index contributed by atoms with van der Waals surface area (Å²) >= 11 is 13.9. The number of aliphatic carboxylic acids is 1. The Morgan fingerprint density at radius 3 is 2.69 bits per heavy atom. The van der Waals surface area contributed by atoms with Crippen molar-refractivity contribution in [3.63, 3.8) is 0 Å². The highest BCUT2D eigenvalue weighted by Crippen LogP contribution is 2.37. The maximum Gasteiger partial charge on any atom is 0.305 e. The Hall–Kier alpha value is -2.02. The van der Waals surface area contributed by atoms with E-state index in [0.717, 1.165) is 33.4 Å². The molecule has 0 unspecified atom stereocenters. The van der Waals surface area contributed by atoms with Crippen molar-refractivity contribution in [2.75, 3.05) is 11.4 Å². The fraction of sp³-hybridized carbons (Fsp3) is 0.333. The number of anilines is 1. The molecule has 2 N–H and O–H groups in total. The molecule has 29 heavy (non-hydrogen) atoms. The number of nitrogens with zero attached hydrogens (tertiary/aromatic N) is 2. The Morgan fingerprint density at radius 2 is 2.07 bits per heavy atom. The molecule has 0 aliphatic heterocycles. The smallest absolute Gasteiger partial charge is 0.305 e. The maximum absolute atomic E-state index is 11.2. The molecule has 8 heteroatoms. The lowest BCUT2D eigenvalue weighted by atomic mass is 10.0. The van der Waals surface area contributed by atoms with Crippen molar-refractivity contribution < 1.29 is 9.90 Å². The van der Waals surface area contributed by atoms with E-state index in [0.29, 0.717) is 29.1 Å². The van der Waals surface area contributed by atoms with Gasteiger partial charge in [0.1, 0.15) is 0 Å². The van der Waals surface area contributed by atoms with E-state index in [4.69, 9.17) is 33.3 Å². The molecule has 0 saturated heterocycles. The number of hydrogen-bond donors (Lipinski definition) is 2. The predicted molar refractivity (Wildman–Crippen MR) is 120 cm³/mol. The molecule has 0 amide bonds. The zero-order chi connectivity index (χ0) is 21.0. The molecule has 1 aromatic carbocycles. The van der Waals surface area contributed by atoms with Gasteiger partial charge >= 0.3 is 5.97 Å². The number of H-pyrrole nitrogens is 1. The first-order valence-electron chi connectivity index (χ1n) is 9.37. The second-order valence-corrected chi connectivity index (χ2v) is 9.13. The lowest BCUT2D eigenvalue weighted by Gasteiger charge is -2.20. The summed E-state index contributed by atoms with van der Waals surface area (Å²) in [5, 5.41) is 11.0. The average molecular weight is 452 g/mol. The third-order valence-corrected chi connectivity index (χ3v) is 6.24. The maximum atomic E-state index is 11.2. The van der Waals surface area contributed by atoms with Gasteiger partial charge in [-0.25, -0.2) is 4.98 Å². The van der Waals surface area contributed by atoms with Gasteiger partial charge in [-0.3, -0.25) is 4.79 Å². The van der Waals surface area contributed by atoms with Gasteiger partial charge in [-0.2, -0.15) is 0 Å². The fourth-order valence-electron chi connectivity index (χ4n) is 3.00. The van der Waals surface area contributed by atoms with Crippen LogP contribution in [-0.2, 0) is 17.8 Å². The van der Waals surface area contributed by atoms with Crippen molar-refractivity contribution >= 4 is 45.6 Å². The van der Waals surface area contributed by atoms with Crippen molar-refractivity contribution in [1.29, 1.82) is 0 Å². The molecular weight excluding hydrogens is 429 g/mol. The number of benzene rings is 1. The zero-order valence-electron chi connectivity index (χ0n) is 16.3. The molecule has 2 aromatic heterocycles. The lowest BCUT2D eigenvalue weighted by Crippen LogP contribution is -2.25. The van der Waals surface area contributed by atoms with E-state index in [1.807, 2.05) is 35.4 Å². The van der Waals surface area contributed by atoms with Crippen LogP contribution in [0.25, 0.3) is 11.3 Å². The molecule has 3 rings (SSSR count). The van der Waals surface area contributed by atoms with Crippen LogP contribution in [0.1, 0.15) is 30.8 Å². The first kappa shape index (κ1) is 21.7. The summed E-state index contributed by atoms with van der Waals surface area (Å²) in [4.78, 5) is 22.4. The van der Waals surface area contributed by atoms with Gasteiger partial charge < -0.3 is 15.0 Å². The number of carbonyl (C=O) groups is 1. The van der Waals surface area contributed by atoms with Crippen LogP contribution in [-0.4, -0.2) is 27.6 Å². The number of thiazole rings is 1. The summed E-state index contributed by atoms with van der Waals surface area (Å²) in [5.41, 5.74) is 2.80. The number of carboxylic acid groups (broad SMARTS) is 1. The van der Waals surface area contributed by atoms with Crippen molar-refractivity contribution in [2.24, 2.45) is 5.92 Å². The molecule has 3 aromatic rings. The highest BCUT2D eigenvalue weighted by Gasteiger charge is 2.20. The molecular formula is C21H23Cl2N3O2S. The van der Waals surface area contributed by atoms with Gasteiger partial charge in [0.15, 0.2) is 5.13 Å². The molecule has 0 bridgehead atoms. The third-order valence-electron chi connectivity index (χ3n) is 4.36. The van der Waals surface area contributed by atoms with Crippen LogP contribution in [0.3, 0.4) is 0 Å². The van der Waals surface area contributed by atoms with Gasteiger partial charge in [0.05, 0.1) is 28.7 Å². The van der Waals surface area contributed by atoms with Gasteiger partial charge in [0.25, 0.3) is 0 Å². The quantitative estimate of drug-likeness (QED) is 0.410. The minimum absolute atomic E-state index is 0.0436. The molecule has 154 valence electrons. The molecule has 0 radical (unpaired) electrons. The van der Waals surface area contributed by atoms with Crippen molar-refractivity contribution in [3.05, 3.63) is 57.1 Å². The summed E-state index contributed by atoms with van der Waals surface area (Å²) in [7, 11) is 0. The van der Waals surface area contributed by atoms with E-state index in [2.05, 4.69) is 18.8 Å². The Bertz CT molecular complexity index is 970. The van der Waals surface area contributed by atoms with Crippen LogP contribution in [0.4, 0.5) is 5.13 Å². The van der Waals surface area contributed by atoms with Crippen LogP contribution >= 0.6 is 34.5 Å². The summed E-state index contributed by atoms with van der Waals surface area (Å²) in [5.74, 6) is -0.370. The van der Waals surface area contributed by atoms with E-state index in [-0.39, 0.29) is 6.42 Å². The standard InChI is InChI=1S/C21H23Cl2N3O2S/c1-13(2)10-18-20(14-5-6-16(22)17(23)11-14)25-21(29-18)26(9-7-19(27)28)12-15-4-3-8-24-15/h3-6,8,11,13,24H,7,9-10,12H2,1-2H3,(H,27,28). The minimum Gasteiger partial charge on any atom is -0.481 e. The number of aromatic amines is 1. The number of carboxylic acids is 1. The minimum atomic E-state index is -0.829. The third kappa shape index (κ3) is 5.75. The monoisotopic (exact) mass is 451 g/mol. The zero-order valence-corrected chi connectivity index (χ0v) is 18.6.